The number of hydrogen-bond donors (Lipinski definition) is 2. The molecule has 0 bridgehead atoms. The summed E-state index contributed by atoms with van der Waals surface area (Å²) in [5.41, 5.74) is 11.2. The van der Waals surface area contributed by atoms with Crippen LogP contribution >= 0.6 is 15.9 Å². The molecule has 1 saturated heterocycles. The van der Waals surface area contributed by atoms with Gasteiger partial charge in [-0.05, 0) is 53.6 Å². The number of anilines is 4. The van der Waals surface area contributed by atoms with Crippen molar-refractivity contribution in [1.82, 2.24) is 9.97 Å². The van der Waals surface area contributed by atoms with Gasteiger partial charge in [0.25, 0.3) is 0 Å². The van der Waals surface area contributed by atoms with Crippen LogP contribution in [-0.2, 0) is 4.74 Å². The highest BCUT2D eigenvalue weighted by molar-refractivity contribution is 9.10. The Hall–Kier alpha value is -3.16. The topological polar surface area (TPSA) is 76.3 Å². The van der Waals surface area contributed by atoms with E-state index in [1.807, 2.05) is 30.3 Å². The first-order chi connectivity index (χ1) is 15.2. The van der Waals surface area contributed by atoms with Gasteiger partial charge in [0.2, 0.25) is 5.95 Å². The van der Waals surface area contributed by atoms with Crippen molar-refractivity contribution < 1.29 is 4.74 Å². The van der Waals surface area contributed by atoms with E-state index in [4.69, 9.17) is 10.5 Å². The van der Waals surface area contributed by atoms with E-state index in [1.54, 1.807) is 0 Å². The summed E-state index contributed by atoms with van der Waals surface area (Å²) in [4.78, 5) is 11.2. The minimum atomic E-state index is 0.243. The predicted molar refractivity (Wildman–Crippen MR) is 130 cm³/mol. The predicted octanol–water partition coefficient (Wildman–Crippen LogP) is 5.22. The second-order valence-corrected chi connectivity index (χ2v) is 8.36. The third-order valence-electron chi connectivity index (χ3n) is 5.38. The van der Waals surface area contributed by atoms with Crippen LogP contribution in [0.25, 0.3) is 22.0 Å². The van der Waals surface area contributed by atoms with Gasteiger partial charge in [-0.15, -0.1) is 0 Å². The zero-order valence-corrected chi connectivity index (χ0v) is 18.5. The zero-order valence-electron chi connectivity index (χ0n) is 16.9. The van der Waals surface area contributed by atoms with E-state index in [1.165, 1.54) is 5.69 Å². The molecule has 3 aromatic carbocycles. The lowest BCUT2D eigenvalue weighted by atomic mass is 10.0. The van der Waals surface area contributed by atoms with Gasteiger partial charge in [0, 0.05) is 34.3 Å². The van der Waals surface area contributed by atoms with Gasteiger partial charge in [0.15, 0.2) is 0 Å². The van der Waals surface area contributed by atoms with Gasteiger partial charge in [-0.2, -0.15) is 4.98 Å². The number of halogens is 1. The molecule has 7 heteroatoms. The monoisotopic (exact) mass is 475 g/mol. The molecule has 0 aliphatic carbocycles. The standard InChI is InChI=1S/C24H22BrN5O/c25-18-2-1-3-19(15-18)27-23-21-14-17(6-9-22(21)28-24(26)29-23)16-4-7-20(8-5-16)30-10-12-31-13-11-30/h1-9,14-15H,10-13H2,(H3,26,27,28,29). The fourth-order valence-electron chi connectivity index (χ4n) is 3.81. The van der Waals surface area contributed by atoms with Gasteiger partial charge in [-0.25, -0.2) is 4.98 Å². The van der Waals surface area contributed by atoms with Crippen LogP contribution in [0.4, 0.5) is 23.1 Å². The summed E-state index contributed by atoms with van der Waals surface area (Å²) < 4.78 is 6.44. The van der Waals surface area contributed by atoms with E-state index in [0.29, 0.717) is 5.82 Å². The fourth-order valence-corrected chi connectivity index (χ4v) is 4.21. The number of nitrogens with one attached hydrogen (secondary N) is 1. The Labute approximate surface area is 189 Å². The molecular formula is C24H22BrN5O. The highest BCUT2D eigenvalue weighted by Gasteiger charge is 2.12. The summed E-state index contributed by atoms with van der Waals surface area (Å²) in [6, 6.07) is 22.8. The second kappa shape index (κ2) is 8.53. The number of nitrogens with zero attached hydrogens (tertiary/aromatic N) is 3. The third-order valence-corrected chi connectivity index (χ3v) is 5.87. The molecule has 31 heavy (non-hydrogen) atoms. The van der Waals surface area contributed by atoms with Crippen LogP contribution in [0.15, 0.2) is 71.2 Å². The van der Waals surface area contributed by atoms with Crippen molar-refractivity contribution in [1.29, 1.82) is 0 Å². The van der Waals surface area contributed by atoms with E-state index in [2.05, 4.69) is 72.5 Å². The molecule has 0 saturated carbocycles. The number of nitrogen functional groups attached to an aromatic ring is 1. The van der Waals surface area contributed by atoms with Crippen molar-refractivity contribution in [2.45, 2.75) is 0 Å². The Morgan fingerprint density at radius 3 is 2.45 bits per heavy atom. The van der Waals surface area contributed by atoms with Crippen molar-refractivity contribution in [3.63, 3.8) is 0 Å². The molecule has 0 atom stereocenters. The van der Waals surface area contributed by atoms with Gasteiger partial charge in [-0.3, -0.25) is 0 Å². The summed E-state index contributed by atoms with van der Waals surface area (Å²) in [6.45, 7) is 3.42. The van der Waals surface area contributed by atoms with Gasteiger partial charge in [0.05, 0.1) is 18.7 Å². The molecule has 5 rings (SSSR count). The van der Waals surface area contributed by atoms with Crippen LogP contribution in [0.3, 0.4) is 0 Å². The Kier molecular flexibility index (Phi) is 5.44. The molecule has 4 aromatic rings. The highest BCUT2D eigenvalue weighted by Crippen LogP contribution is 2.31. The molecule has 1 aliphatic rings. The van der Waals surface area contributed by atoms with Gasteiger partial charge in [0.1, 0.15) is 5.82 Å². The number of benzene rings is 3. The Morgan fingerprint density at radius 2 is 1.68 bits per heavy atom. The molecule has 1 aromatic heterocycles. The first-order valence-electron chi connectivity index (χ1n) is 10.2. The van der Waals surface area contributed by atoms with Crippen molar-refractivity contribution in [3.8, 4) is 11.1 Å². The van der Waals surface area contributed by atoms with Crippen LogP contribution in [0.5, 0.6) is 0 Å². The van der Waals surface area contributed by atoms with E-state index in [-0.39, 0.29) is 5.95 Å². The molecule has 0 amide bonds. The highest BCUT2D eigenvalue weighted by atomic mass is 79.9. The molecule has 1 aliphatic heterocycles. The summed E-state index contributed by atoms with van der Waals surface area (Å²) in [6.07, 6.45) is 0. The van der Waals surface area contributed by atoms with Crippen LogP contribution < -0.4 is 16.0 Å². The summed E-state index contributed by atoms with van der Waals surface area (Å²) in [5, 5.41) is 4.30. The Morgan fingerprint density at radius 1 is 0.903 bits per heavy atom. The smallest absolute Gasteiger partial charge is 0.222 e. The quantitative estimate of drug-likeness (QED) is 0.421. The maximum absolute atomic E-state index is 5.96. The SMILES string of the molecule is Nc1nc(Nc2cccc(Br)c2)c2cc(-c3ccc(N4CCOCC4)cc3)ccc2n1. The van der Waals surface area contributed by atoms with Gasteiger partial charge in [-0.1, -0.05) is 40.2 Å². The summed E-state index contributed by atoms with van der Waals surface area (Å²) >= 11 is 3.51. The molecule has 1 fully saturated rings. The van der Waals surface area contributed by atoms with Gasteiger partial charge >= 0.3 is 0 Å². The largest absolute Gasteiger partial charge is 0.378 e. The summed E-state index contributed by atoms with van der Waals surface area (Å²) in [5.74, 6) is 0.931. The minimum absolute atomic E-state index is 0.243. The summed E-state index contributed by atoms with van der Waals surface area (Å²) in [7, 11) is 0. The molecule has 6 nitrogen and oxygen atoms in total. The van der Waals surface area contributed by atoms with Gasteiger partial charge < -0.3 is 20.7 Å². The lowest BCUT2D eigenvalue weighted by Crippen LogP contribution is -2.36. The number of rotatable bonds is 4. The third kappa shape index (κ3) is 4.33. The first-order valence-corrected chi connectivity index (χ1v) is 11.0. The molecular weight excluding hydrogens is 454 g/mol. The van der Waals surface area contributed by atoms with Crippen molar-refractivity contribution in [2.75, 3.05) is 42.3 Å². The van der Waals surface area contributed by atoms with Crippen LogP contribution in [0.2, 0.25) is 0 Å². The molecule has 0 unspecified atom stereocenters. The molecule has 0 spiro atoms. The second-order valence-electron chi connectivity index (χ2n) is 7.44. The van der Waals surface area contributed by atoms with E-state index in [9.17, 15) is 0 Å². The fraction of sp³-hybridized carbons (Fsp3) is 0.167. The molecule has 3 N–H and O–H groups in total. The van der Waals surface area contributed by atoms with Crippen LogP contribution in [-0.4, -0.2) is 36.3 Å². The first kappa shape index (κ1) is 19.8. The van der Waals surface area contributed by atoms with E-state index < -0.39 is 0 Å². The number of nitrogens with two attached hydrogens (primary N) is 1. The number of hydrogen-bond acceptors (Lipinski definition) is 6. The molecule has 2 heterocycles. The van der Waals surface area contributed by atoms with Crippen LogP contribution in [0, 0.1) is 0 Å². The zero-order chi connectivity index (χ0) is 21.2. The van der Waals surface area contributed by atoms with E-state index in [0.717, 1.165) is 58.5 Å². The lowest BCUT2D eigenvalue weighted by molar-refractivity contribution is 0.122. The lowest BCUT2D eigenvalue weighted by Gasteiger charge is -2.28. The van der Waals surface area contributed by atoms with Crippen molar-refractivity contribution in [3.05, 3.63) is 71.2 Å². The van der Waals surface area contributed by atoms with Crippen LogP contribution in [0.1, 0.15) is 0 Å². The minimum Gasteiger partial charge on any atom is -0.378 e. The molecule has 0 radical (unpaired) electrons. The maximum atomic E-state index is 5.96. The molecule has 156 valence electrons. The number of aromatic nitrogens is 2. The van der Waals surface area contributed by atoms with E-state index >= 15 is 0 Å². The number of morpholine rings is 1. The maximum Gasteiger partial charge on any atom is 0.222 e. The van der Waals surface area contributed by atoms with Crippen molar-refractivity contribution in [2.24, 2.45) is 0 Å². The average molecular weight is 476 g/mol. The van der Waals surface area contributed by atoms with Crippen molar-refractivity contribution >= 4 is 50.0 Å². The normalized spacial score (nSPS) is 14.0. The Balaban J connectivity index is 1.49. The number of ether oxygens (including phenoxy) is 1. The number of fused-ring (bicyclic) bond motifs is 1. The Bertz CT molecular complexity index is 1220. The average Bonchev–Trinajstić information content (AvgIpc) is 2.79.